The SMILES string of the molecule is CC(=S)Nc1ccccc1.CC(=S)Nc1ccccc1.[Hg]. The zero-order chi connectivity index (χ0) is 14.8. The molecule has 0 saturated carbocycles. The van der Waals surface area contributed by atoms with E-state index in [0.717, 1.165) is 21.4 Å². The fourth-order valence-corrected chi connectivity index (χ4v) is 1.69. The second kappa shape index (κ2) is 11.8. The molecule has 0 amide bonds. The molecular formula is C16H18HgN2S2. The minimum atomic E-state index is 0. The molecule has 0 heterocycles. The van der Waals surface area contributed by atoms with Gasteiger partial charge in [0.2, 0.25) is 0 Å². The van der Waals surface area contributed by atoms with Crippen molar-refractivity contribution in [1.82, 2.24) is 0 Å². The van der Waals surface area contributed by atoms with Gasteiger partial charge >= 0.3 is 0 Å². The Kier molecular flexibility index (Phi) is 11.3. The molecule has 0 aliphatic heterocycles. The monoisotopic (exact) mass is 504 g/mol. The van der Waals surface area contributed by atoms with Gasteiger partial charge in [-0.15, -0.1) is 0 Å². The van der Waals surface area contributed by atoms with Crippen LogP contribution in [-0.2, 0) is 27.7 Å². The first-order valence-electron chi connectivity index (χ1n) is 6.23. The molecule has 2 aromatic rings. The average molecular weight is 503 g/mol. The summed E-state index contributed by atoms with van der Waals surface area (Å²) in [7, 11) is 0. The van der Waals surface area contributed by atoms with Crippen molar-refractivity contribution in [2.75, 3.05) is 10.6 Å². The maximum atomic E-state index is 4.87. The van der Waals surface area contributed by atoms with Gasteiger partial charge in [0, 0.05) is 39.0 Å². The quantitative estimate of drug-likeness (QED) is 0.451. The van der Waals surface area contributed by atoms with Gasteiger partial charge in [-0.1, -0.05) is 60.8 Å². The van der Waals surface area contributed by atoms with Gasteiger partial charge in [0.05, 0.1) is 9.98 Å². The summed E-state index contributed by atoms with van der Waals surface area (Å²) in [6.45, 7) is 3.73. The molecule has 2 rings (SSSR count). The molecule has 21 heavy (non-hydrogen) atoms. The van der Waals surface area contributed by atoms with Gasteiger partial charge in [-0.3, -0.25) is 0 Å². The molecule has 0 aliphatic carbocycles. The molecular weight excluding hydrogens is 485 g/mol. The Morgan fingerprint density at radius 3 is 1.19 bits per heavy atom. The molecule has 0 radical (unpaired) electrons. The summed E-state index contributed by atoms with van der Waals surface area (Å²) in [5.74, 6) is 0. The molecule has 0 aliphatic rings. The van der Waals surface area contributed by atoms with Gasteiger partial charge in [-0.2, -0.15) is 0 Å². The Balaban J connectivity index is 0.000000364. The molecule has 106 valence electrons. The summed E-state index contributed by atoms with van der Waals surface area (Å²) in [4.78, 5) is 1.59. The summed E-state index contributed by atoms with van der Waals surface area (Å²) in [5.41, 5.74) is 2.10. The van der Waals surface area contributed by atoms with Gasteiger partial charge in [0.25, 0.3) is 0 Å². The van der Waals surface area contributed by atoms with Crippen LogP contribution in [0.25, 0.3) is 0 Å². The van der Waals surface area contributed by atoms with E-state index in [2.05, 4.69) is 10.6 Å². The van der Waals surface area contributed by atoms with Crippen molar-refractivity contribution >= 4 is 45.8 Å². The van der Waals surface area contributed by atoms with E-state index >= 15 is 0 Å². The third kappa shape index (κ3) is 10.5. The van der Waals surface area contributed by atoms with Gasteiger partial charge in [0.15, 0.2) is 0 Å². The zero-order valence-corrected chi connectivity index (χ0v) is 19.4. The molecule has 0 atom stereocenters. The molecule has 2 nitrogen and oxygen atoms in total. The molecule has 0 fully saturated rings. The first-order valence-corrected chi connectivity index (χ1v) is 7.05. The summed E-state index contributed by atoms with van der Waals surface area (Å²) in [6, 6.07) is 19.8. The second-order valence-corrected chi connectivity index (χ2v) is 5.32. The predicted octanol–water partition coefficient (Wildman–Crippen LogP) is 4.89. The number of rotatable bonds is 2. The van der Waals surface area contributed by atoms with Crippen molar-refractivity contribution in [3.8, 4) is 0 Å². The van der Waals surface area contributed by atoms with Gasteiger partial charge in [-0.05, 0) is 38.1 Å². The van der Waals surface area contributed by atoms with Crippen LogP contribution in [0, 0.1) is 0 Å². The number of thiocarbonyl (C=S) groups is 2. The molecule has 0 spiro atoms. The predicted molar refractivity (Wildman–Crippen MR) is 96.7 cm³/mol. The van der Waals surface area contributed by atoms with Crippen LogP contribution in [0.4, 0.5) is 11.4 Å². The molecule has 2 N–H and O–H groups in total. The maximum Gasteiger partial charge on any atom is 0.0765 e. The second-order valence-electron chi connectivity index (χ2n) is 4.09. The smallest absolute Gasteiger partial charge is 0.0765 e. The summed E-state index contributed by atoms with van der Waals surface area (Å²) in [6.07, 6.45) is 0. The Morgan fingerprint density at radius 1 is 0.667 bits per heavy atom. The van der Waals surface area contributed by atoms with Crippen molar-refractivity contribution in [2.45, 2.75) is 13.8 Å². The van der Waals surface area contributed by atoms with Crippen LogP contribution in [0.1, 0.15) is 13.8 Å². The molecule has 5 heteroatoms. The minimum absolute atomic E-state index is 0. The van der Waals surface area contributed by atoms with Crippen LogP contribution in [0.15, 0.2) is 60.7 Å². The Labute approximate surface area is 157 Å². The van der Waals surface area contributed by atoms with E-state index in [0.29, 0.717) is 0 Å². The van der Waals surface area contributed by atoms with Crippen molar-refractivity contribution in [1.29, 1.82) is 0 Å². The average Bonchev–Trinajstić information content (AvgIpc) is 2.40. The van der Waals surface area contributed by atoms with Crippen molar-refractivity contribution in [3.63, 3.8) is 0 Å². The van der Waals surface area contributed by atoms with Gasteiger partial charge in [0.1, 0.15) is 0 Å². The normalized spacial score (nSPS) is 8.48. The number of para-hydroxylation sites is 2. The fourth-order valence-electron chi connectivity index (χ4n) is 1.45. The van der Waals surface area contributed by atoms with E-state index in [-0.39, 0.29) is 27.7 Å². The van der Waals surface area contributed by atoms with E-state index < -0.39 is 0 Å². The zero-order valence-electron chi connectivity index (χ0n) is 12.3. The van der Waals surface area contributed by atoms with Gasteiger partial charge < -0.3 is 10.6 Å². The van der Waals surface area contributed by atoms with Crippen LogP contribution < -0.4 is 10.6 Å². The van der Waals surface area contributed by atoms with Crippen LogP contribution >= 0.6 is 24.4 Å². The number of nitrogens with one attached hydrogen (secondary N) is 2. The van der Waals surface area contributed by atoms with Crippen molar-refractivity contribution in [3.05, 3.63) is 60.7 Å². The summed E-state index contributed by atoms with van der Waals surface area (Å²) in [5, 5.41) is 6.07. The fraction of sp³-hybridized carbons (Fsp3) is 0.125. The Hall–Kier alpha value is -0.845. The number of hydrogen-bond acceptors (Lipinski definition) is 2. The molecule has 0 bridgehead atoms. The largest absolute Gasteiger partial charge is 0.350 e. The molecule has 0 unspecified atom stereocenters. The molecule has 0 saturated heterocycles. The summed E-state index contributed by atoms with van der Waals surface area (Å²) >= 11 is 9.73. The van der Waals surface area contributed by atoms with Crippen molar-refractivity contribution in [2.24, 2.45) is 0 Å². The van der Waals surface area contributed by atoms with Crippen LogP contribution in [0.5, 0.6) is 0 Å². The van der Waals surface area contributed by atoms with E-state index in [9.17, 15) is 0 Å². The van der Waals surface area contributed by atoms with E-state index in [4.69, 9.17) is 24.4 Å². The van der Waals surface area contributed by atoms with Crippen LogP contribution in [-0.4, -0.2) is 9.98 Å². The maximum absolute atomic E-state index is 4.87. The first kappa shape index (κ1) is 20.2. The number of hydrogen-bond donors (Lipinski definition) is 2. The Morgan fingerprint density at radius 2 is 0.952 bits per heavy atom. The minimum Gasteiger partial charge on any atom is -0.350 e. The first-order chi connectivity index (χ1) is 9.58. The standard InChI is InChI=1S/2C8H9NS.Hg/c2*1-7(10)9-8-5-3-2-4-6-8;/h2*2-6H,1H3,(H,9,10);. The third-order valence-electron chi connectivity index (χ3n) is 2.19. The molecule has 2 aromatic carbocycles. The topological polar surface area (TPSA) is 24.1 Å². The van der Waals surface area contributed by atoms with Crippen LogP contribution in [0.3, 0.4) is 0 Å². The number of benzene rings is 2. The third-order valence-corrected chi connectivity index (χ3v) is 2.39. The van der Waals surface area contributed by atoms with Crippen molar-refractivity contribution < 1.29 is 27.7 Å². The van der Waals surface area contributed by atoms with Gasteiger partial charge in [-0.25, -0.2) is 0 Å². The summed E-state index contributed by atoms with van der Waals surface area (Å²) < 4.78 is 0. The number of anilines is 2. The van der Waals surface area contributed by atoms with E-state index in [1.54, 1.807) is 0 Å². The van der Waals surface area contributed by atoms with E-state index in [1.165, 1.54) is 0 Å². The van der Waals surface area contributed by atoms with E-state index in [1.807, 2.05) is 74.5 Å². The van der Waals surface area contributed by atoms with Crippen LogP contribution in [0.2, 0.25) is 0 Å². The Bertz CT molecular complexity index is 493. The molecule has 0 aromatic heterocycles.